The summed E-state index contributed by atoms with van der Waals surface area (Å²) < 4.78 is 5.88. The molecule has 0 bridgehead atoms. The van der Waals surface area contributed by atoms with Crippen LogP contribution in [0.4, 0.5) is 0 Å². The first-order valence-electron chi connectivity index (χ1n) is 8.40. The van der Waals surface area contributed by atoms with Crippen molar-refractivity contribution in [2.24, 2.45) is 5.73 Å². The van der Waals surface area contributed by atoms with Crippen molar-refractivity contribution in [3.63, 3.8) is 0 Å². The minimum atomic E-state index is -0.623. The fraction of sp³-hybridized carbons (Fsp3) is 0.938. The van der Waals surface area contributed by atoms with Gasteiger partial charge in [-0.2, -0.15) is 0 Å². The monoisotopic (exact) mass is 297 g/mol. The molecular weight excluding hydrogens is 266 g/mol. The van der Waals surface area contributed by atoms with Gasteiger partial charge in [0.05, 0.1) is 18.2 Å². The van der Waals surface area contributed by atoms with Gasteiger partial charge in [-0.1, -0.05) is 6.92 Å². The summed E-state index contributed by atoms with van der Waals surface area (Å²) >= 11 is 0. The van der Waals surface area contributed by atoms with Crippen molar-refractivity contribution >= 4 is 5.91 Å². The lowest BCUT2D eigenvalue weighted by molar-refractivity contribution is -0.125. The van der Waals surface area contributed by atoms with E-state index >= 15 is 0 Å². The van der Waals surface area contributed by atoms with Crippen LogP contribution in [0.5, 0.6) is 0 Å². The van der Waals surface area contributed by atoms with Gasteiger partial charge in [0.15, 0.2) is 0 Å². The highest BCUT2D eigenvalue weighted by atomic mass is 16.5. The molecule has 2 fully saturated rings. The van der Waals surface area contributed by atoms with E-state index < -0.39 is 5.54 Å². The largest absolute Gasteiger partial charge is 0.375 e. The molecule has 2 aliphatic rings. The summed E-state index contributed by atoms with van der Waals surface area (Å²) in [5, 5.41) is 3.34. The molecule has 0 aromatic heterocycles. The van der Waals surface area contributed by atoms with E-state index in [-0.39, 0.29) is 5.91 Å². The van der Waals surface area contributed by atoms with E-state index in [1.807, 2.05) is 6.92 Å². The van der Waals surface area contributed by atoms with Gasteiger partial charge in [0.25, 0.3) is 0 Å². The molecule has 1 saturated carbocycles. The number of morpholine rings is 1. The lowest BCUT2D eigenvalue weighted by Gasteiger charge is -2.43. The number of carbonyl (C=O) groups excluding carboxylic acids is 1. The van der Waals surface area contributed by atoms with Gasteiger partial charge in [-0.15, -0.1) is 0 Å². The number of primary amides is 1. The average molecular weight is 297 g/mol. The molecule has 1 aliphatic heterocycles. The summed E-state index contributed by atoms with van der Waals surface area (Å²) in [5.74, 6) is -0.251. The highest BCUT2D eigenvalue weighted by Gasteiger charge is 2.41. The van der Waals surface area contributed by atoms with Crippen LogP contribution in [0.3, 0.4) is 0 Å². The number of fused-ring (bicyclic) bond motifs is 1. The van der Waals surface area contributed by atoms with Crippen LogP contribution in [-0.2, 0) is 9.53 Å². The molecule has 1 saturated heterocycles. The van der Waals surface area contributed by atoms with Crippen LogP contribution in [-0.4, -0.2) is 54.2 Å². The summed E-state index contributed by atoms with van der Waals surface area (Å²) in [6.07, 6.45) is 5.79. The number of carbonyl (C=O) groups is 1. The number of ether oxygens (including phenoxy) is 1. The normalized spacial score (nSPS) is 30.6. The zero-order valence-corrected chi connectivity index (χ0v) is 13.7. The van der Waals surface area contributed by atoms with Crippen molar-refractivity contribution in [2.45, 2.75) is 76.6 Å². The van der Waals surface area contributed by atoms with Gasteiger partial charge in [-0.25, -0.2) is 0 Å². The van der Waals surface area contributed by atoms with Crippen LogP contribution in [0.1, 0.15) is 52.9 Å². The Labute approximate surface area is 128 Å². The molecule has 1 amide bonds. The molecule has 21 heavy (non-hydrogen) atoms. The van der Waals surface area contributed by atoms with Gasteiger partial charge in [0.1, 0.15) is 0 Å². The van der Waals surface area contributed by atoms with Gasteiger partial charge in [0, 0.05) is 18.6 Å². The first-order chi connectivity index (χ1) is 9.98. The van der Waals surface area contributed by atoms with Crippen molar-refractivity contribution in [2.75, 3.05) is 19.7 Å². The fourth-order valence-electron chi connectivity index (χ4n) is 3.87. The van der Waals surface area contributed by atoms with E-state index in [1.54, 1.807) is 0 Å². The Kier molecular flexibility index (Phi) is 5.63. The second-order valence-electron chi connectivity index (χ2n) is 6.82. The third kappa shape index (κ3) is 3.76. The van der Waals surface area contributed by atoms with Gasteiger partial charge in [-0.3, -0.25) is 9.69 Å². The van der Waals surface area contributed by atoms with Gasteiger partial charge in [-0.05, 0) is 52.5 Å². The average Bonchev–Trinajstić information content (AvgIpc) is 2.93. The Morgan fingerprint density at radius 2 is 2.29 bits per heavy atom. The molecule has 1 aliphatic carbocycles. The Morgan fingerprint density at radius 1 is 1.52 bits per heavy atom. The zero-order chi connectivity index (χ0) is 15.5. The predicted octanol–water partition coefficient (Wildman–Crippen LogP) is 1.26. The molecule has 2 rings (SSSR count). The van der Waals surface area contributed by atoms with E-state index in [1.165, 1.54) is 19.3 Å². The molecule has 0 spiro atoms. The number of nitrogens with one attached hydrogen (secondary N) is 1. The molecule has 0 radical (unpaired) electrons. The predicted molar refractivity (Wildman–Crippen MR) is 84.1 cm³/mol. The Balaban J connectivity index is 2.00. The van der Waals surface area contributed by atoms with Crippen molar-refractivity contribution < 1.29 is 9.53 Å². The smallest absolute Gasteiger partial charge is 0.237 e. The number of nitrogens with zero attached hydrogens (tertiary/aromatic N) is 1. The Bertz CT molecular complexity index is 363. The van der Waals surface area contributed by atoms with Crippen molar-refractivity contribution in [1.29, 1.82) is 0 Å². The maximum absolute atomic E-state index is 11.9. The van der Waals surface area contributed by atoms with Crippen LogP contribution in [0.15, 0.2) is 0 Å². The van der Waals surface area contributed by atoms with Crippen LogP contribution in [0.25, 0.3) is 0 Å². The zero-order valence-electron chi connectivity index (χ0n) is 13.7. The summed E-state index contributed by atoms with van der Waals surface area (Å²) in [4.78, 5) is 14.4. The third-order valence-corrected chi connectivity index (χ3v) is 5.10. The van der Waals surface area contributed by atoms with E-state index in [9.17, 15) is 4.79 Å². The Hall–Kier alpha value is -0.650. The first-order valence-corrected chi connectivity index (χ1v) is 8.40. The molecule has 3 N–H and O–H groups in total. The van der Waals surface area contributed by atoms with Gasteiger partial charge < -0.3 is 15.8 Å². The molecule has 122 valence electrons. The summed E-state index contributed by atoms with van der Waals surface area (Å²) in [6, 6.07) is 0.860. The van der Waals surface area contributed by atoms with Gasteiger partial charge >= 0.3 is 0 Å². The van der Waals surface area contributed by atoms with Crippen LogP contribution >= 0.6 is 0 Å². The van der Waals surface area contributed by atoms with Crippen LogP contribution in [0, 0.1) is 0 Å². The maximum atomic E-state index is 11.9. The maximum Gasteiger partial charge on any atom is 0.237 e. The first kappa shape index (κ1) is 16.7. The van der Waals surface area contributed by atoms with E-state index in [0.29, 0.717) is 18.2 Å². The topological polar surface area (TPSA) is 67.6 Å². The molecule has 0 aromatic rings. The highest BCUT2D eigenvalue weighted by Crippen LogP contribution is 2.32. The fourth-order valence-corrected chi connectivity index (χ4v) is 3.87. The molecule has 4 atom stereocenters. The summed E-state index contributed by atoms with van der Waals surface area (Å²) in [6.45, 7) is 8.85. The number of hydrogen-bond donors (Lipinski definition) is 2. The number of nitrogens with two attached hydrogens (primary N) is 1. The molecule has 4 unspecified atom stereocenters. The second-order valence-corrected chi connectivity index (χ2v) is 6.82. The molecule has 5 heteroatoms. The lowest BCUT2D eigenvalue weighted by atomic mass is 9.90. The quantitative estimate of drug-likeness (QED) is 0.742. The second kappa shape index (κ2) is 7.07. The van der Waals surface area contributed by atoms with Crippen LogP contribution < -0.4 is 11.1 Å². The standard InChI is InChI=1S/C16H31N3O2/c1-4-8-18-16(3,15(17)20)11-12(2)19-9-10-21-14-7-5-6-13(14)19/h12-14,18H,4-11H2,1-3H3,(H2,17,20). The molecule has 0 aromatic carbocycles. The van der Waals surface area contributed by atoms with E-state index in [4.69, 9.17) is 10.5 Å². The minimum Gasteiger partial charge on any atom is -0.375 e. The van der Waals surface area contributed by atoms with Crippen molar-refractivity contribution in [3.8, 4) is 0 Å². The molecular formula is C16H31N3O2. The summed E-state index contributed by atoms with van der Waals surface area (Å²) in [5.41, 5.74) is 5.03. The highest BCUT2D eigenvalue weighted by molar-refractivity contribution is 5.84. The van der Waals surface area contributed by atoms with Crippen LogP contribution in [0.2, 0.25) is 0 Å². The van der Waals surface area contributed by atoms with Gasteiger partial charge in [0.2, 0.25) is 5.91 Å². The van der Waals surface area contributed by atoms with Crippen molar-refractivity contribution in [3.05, 3.63) is 0 Å². The van der Waals surface area contributed by atoms with E-state index in [2.05, 4.69) is 24.1 Å². The summed E-state index contributed by atoms with van der Waals surface area (Å²) in [7, 11) is 0. The molecule has 5 nitrogen and oxygen atoms in total. The van der Waals surface area contributed by atoms with E-state index in [0.717, 1.165) is 32.5 Å². The number of hydrogen-bond acceptors (Lipinski definition) is 4. The number of rotatable bonds is 7. The SMILES string of the molecule is CCCNC(C)(CC(C)N1CCOC2CCCC21)C(N)=O. The Morgan fingerprint density at radius 3 is 2.95 bits per heavy atom. The molecule has 1 heterocycles. The lowest BCUT2D eigenvalue weighted by Crippen LogP contribution is -2.59. The third-order valence-electron chi connectivity index (χ3n) is 5.10. The van der Waals surface area contributed by atoms with Crippen molar-refractivity contribution in [1.82, 2.24) is 10.2 Å². The number of amides is 1. The minimum absolute atomic E-state index is 0.251.